The van der Waals surface area contributed by atoms with E-state index in [1.165, 1.54) is 32.2 Å². The predicted molar refractivity (Wildman–Crippen MR) is 232 cm³/mol. The van der Waals surface area contributed by atoms with Gasteiger partial charge in [0.05, 0.1) is 24.5 Å². The number of ketones is 1. The molecule has 5 heterocycles. The summed E-state index contributed by atoms with van der Waals surface area (Å²) < 4.78 is 76.6. The number of hydrogen-bond donors (Lipinski definition) is 3. The molecule has 3 aliphatic rings. The number of ether oxygens (including phenoxy) is 6. The Kier molecular flexibility index (Phi) is 17.1. The molecule has 0 saturated carbocycles. The number of carbonyl (C=O) groups is 5. The van der Waals surface area contributed by atoms with E-state index in [4.69, 9.17) is 28.4 Å². The number of carbonyl (C=O) groups excluding carboxylic acids is 5. The van der Waals surface area contributed by atoms with E-state index in [0.29, 0.717) is 12.0 Å². The van der Waals surface area contributed by atoms with Crippen LogP contribution in [0.4, 0.5) is 22.8 Å². The summed E-state index contributed by atoms with van der Waals surface area (Å²) >= 11 is 0. The molecule has 2 aromatic rings. The average Bonchev–Trinajstić information content (AvgIpc) is 3.58. The summed E-state index contributed by atoms with van der Waals surface area (Å²) in [4.78, 5) is 82.6. The number of alkyl halides is 3. The number of aromatic nitrogens is 3. The molecule has 5 rings (SSSR count). The highest BCUT2D eigenvalue weighted by Crippen LogP contribution is 2.42. The van der Waals surface area contributed by atoms with Crippen molar-refractivity contribution in [3.05, 3.63) is 59.9 Å². The summed E-state index contributed by atoms with van der Waals surface area (Å²) in [5, 5.41) is 17.1. The number of hydrogen-bond acceptors (Lipinski definition) is 16. The Balaban J connectivity index is 1.61. The molecule has 21 heteroatoms. The van der Waals surface area contributed by atoms with Crippen LogP contribution >= 0.6 is 0 Å². The minimum atomic E-state index is -4.73. The number of aliphatic hydroxyl groups is 1. The van der Waals surface area contributed by atoms with Crippen molar-refractivity contribution >= 4 is 36.0 Å². The van der Waals surface area contributed by atoms with Crippen molar-refractivity contribution < 1.29 is 70.7 Å². The highest BCUT2D eigenvalue weighted by molar-refractivity contribution is 5.85. The van der Waals surface area contributed by atoms with Crippen LogP contribution in [0.15, 0.2) is 43.0 Å². The van der Waals surface area contributed by atoms with E-state index in [1.807, 2.05) is 4.90 Å². The van der Waals surface area contributed by atoms with Gasteiger partial charge < -0.3 is 49.1 Å². The Morgan fingerprint density at radius 2 is 1.75 bits per heavy atom. The van der Waals surface area contributed by atoms with Gasteiger partial charge in [-0.1, -0.05) is 45.9 Å². The molecular formula is C46H63F3N6O12. The van der Waals surface area contributed by atoms with Gasteiger partial charge in [-0.25, -0.2) is 19.6 Å². The number of likely N-dealkylation sites (N-methyl/N-ethyl adjacent to an activating group) is 1. The van der Waals surface area contributed by atoms with E-state index in [-0.39, 0.29) is 37.2 Å². The molecule has 0 bridgehead atoms. The summed E-state index contributed by atoms with van der Waals surface area (Å²) in [7, 11) is 3.57. The number of alkyl carbamates (subject to hydrolysis) is 2. The second kappa shape index (κ2) is 21.8. The van der Waals surface area contributed by atoms with Gasteiger partial charge in [0.1, 0.15) is 35.8 Å². The molecule has 18 nitrogen and oxygen atoms in total. The zero-order valence-electron chi connectivity index (χ0n) is 39.4. The maximum Gasteiger partial charge on any atom is 0.451 e. The molecular weight excluding hydrogens is 886 g/mol. The van der Waals surface area contributed by atoms with Gasteiger partial charge in [0.2, 0.25) is 5.82 Å². The molecule has 3 N–H and O–H groups in total. The highest BCUT2D eigenvalue weighted by Gasteiger charge is 2.58. The molecule has 370 valence electrons. The normalized spacial score (nSPS) is 34.3. The molecule has 0 aromatic carbocycles. The topological polar surface area (TPSA) is 227 Å². The van der Waals surface area contributed by atoms with Crippen LogP contribution in [-0.4, -0.2) is 136 Å². The van der Waals surface area contributed by atoms with Gasteiger partial charge in [-0.2, -0.15) is 13.2 Å². The largest absolute Gasteiger partial charge is 0.461 e. The zero-order chi connectivity index (χ0) is 49.6. The van der Waals surface area contributed by atoms with Crippen LogP contribution in [0.5, 0.6) is 0 Å². The monoisotopic (exact) mass is 948 g/mol. The Bertz CT molecular complexity index is 2080. The van der Waals surface area contributed by atoms with Crippen molar-refractivity contribution in [2.45, 2.75) is 147 Å². The van der Waals surface area contributed by atoms with Crippen molar-refractivity contribution in [1.82, 2.24) is 30.5 Å². The summed E-state index contributed by atoms with van der Waals surface area (Å²) in [6.45, 7) is 12.8. The average molecular weight is 949 g/mol. The molecule has 0 unspecified atom stereocenters. The Hall–Kier alpha value is -5.25. The predicted octanol–water partition coefficient (Wildman–Crippen LogP) is 5.06. The molecule has 0 radical (unpaired) electrons. The fourth-order valence-electron chi connectivity index (χ4n) is 9.45. The molecule has 2 aromatic heterocycles. The van der Waals surface area contributed by atoms with Crippen LogP contribution < -0.4 is 10.6 Å². The number of esters is 2. The first-order chi connectivity index (χ1) is 31.4. The highest BCUT2D eigenvalue weighted by atomic mass is 19.4. The Labute approximate surface area is 388 Å². The maximum atomic E-state index is 14.6. The first-order valence-electron chi connectivity index (χ1n) is 22.4. The molecule has 0 aliphatic carbocycles. The van der Waals surface area contributed by atoms with Crippen LogP contribution in [0, 0.1) is 23.7 Å². The summed E-state index contributed by atoms with van der Waals surface area (Å²) in [6, 6.07) is 1.87. The first kappa shape index (κ1) is 52.7. The van der Waals surface area contributed by atoms with Crippen molar-refractivity contribution in [2.75, 3.05) is 20.6 Å². The number of nitrogens with zero attached hydrogens (tertiary/aromatic N) is 4. The summed E-state index contributed by atoms with van der Waals surface area (Å²) in [5.74, 6) is -7.56. The van der Waals surface area contributed by atoms with Crippen molar-refractivity contribution in [2.24, 2.45) is 23.7 Å². The van der Waals surface area contributed by atoms with Gasteiger partial charge in [0.25, 0.3) is 0 Å². The smallest absolute Gasteiger partial charge is 0.451 e. The zero-order valence-corrected chi connectivity index (χ0v) is 39.4. The number of halogens is 3. The number of nitrogens with one attached hydrogen (secondary N) is 2. The first-order valence-corrected chi connectivity index (χ1v) is 22.4. The van der Waals surface area contributed by atoms with Crippen LogP contribution in [-0.2, 0) is 55.4 Å². The van der Waals surface area contributed by atoms with Crippen LogP contribution in [0.1, 0.15) is 91.6 Å². The lowest BCUT2D eigenvalue weighted by atomic mass is 9.73. The van der Waals surface area contributed by atoms with Crippen molar-refractivity contribution in [3.63, 3.8) is 0 Å². The third kappa shape index (κ3) is 12.6. The van der Waals surface area contributed by atoms with Gasteiger partial charge in [-0.15, -0.1) is 0 Å². The van der Waals surface area contributed by atoms with Crippen LogP contribution in [0.3, 0.4) is 0 Å². The molecule has 3 fully saturated rings. The maximum absolute atomic E-state index is 14.6. The number of rotatable bonds is 11. The van der Waals surface area contributed by atoms with Gasteiger partial charge in [-0.3, -0.25) is 19.4 Å². The van der Waals surface area contributed by atoms with Gasteiger partial charge in [-0.05, 0) is 72.7 Å². The second-order valence-corrected chi connectivity index (χ2v) is 18.4. The fraction of sp³-hybridized carbons (Fsp3) is 0.652. The molecule has 3 saturated heterocycles. The third-order valence-electron chi connectivity index (χ3n) is 12.9. The van der Waals surface area contributed by atoms with Crippen molar-refractivity contribution in [3.8, 4) is 0 Å². The number of fused-ring (bicyclic) bond motifs is 1. The number of aliphatic hydroxyl groups excluding tert-OH is 1. The third-order valence-corrected chi connectivity index (χ3v) is 12.9. The van der Waals surface area contributed by atoms with E-state index < -0.39 is 120 Å². The fourth-order valence-corrected chi connectivity index (χ4v) is 9.45. The van der Waals surface area contributed by atoms with Crippen molar-refractivity contribution in [1.29, 1.82) is 0 Å². The lowest BCUT2D eigenvalue weighted by molar-refractivity contribution is -0.298. The van der Waals surface area contributed by atoms with Gasteiger partial charge in [0, 0.05) is 60.7 Å². The summed E-state index contributed by atoms with van der Waals surface area (Å²) in [5.41, 5.74) is -2.69. The lowest BCUT2D eigenvalue weighted by Gasteiger charge is -2.48. The number of amides is 2. The number of cyclic esters (lactones) is 1. The molecule has 3 aliphatic heterocycles. The van der Waals surface area contributed by atoms with Crippen LogP contribution in [0.25, 0.3) is 6.08 Å². The molecule has 14 atom stereocenters. The second-order valence-electron chi connectivity index (χ2n) is 18.4. The van der Waals surface area contributed by atoms with E-state index in [9.17, 15) is 42.3 Å². The van der Waals surface area contributed by atoms with Gasteiger partial charge >= 0.3 is 30.3 Å². The lowest BCUT2D eigenvalue weighted by Crippen LogP contribution is -2.61. The molecule has 67 heavy (non-hydrogen) atoms. The van der Waals surface area contributed by atoms with Crippen LogP contribution in [0.2, 0.25) is 0 Å². The minimum Gasteiger partial charge on any atom is -0.461 e. The quantitative estimate of drug-likeness (QED) is 0.198. The standard InChI is InChI=1S/C46H63F3N6O12/c1-11-32-45(8)37(54-43(61)67-45)26(4)34(57)24(2)20-44(7,66-42(60)51-17-13-15-30-22-52-41(53-23-30)46(47,48)49)38(65-40-35(58)31(55(9)10)18-25(3)62-40)27(5)36(28(6)39(59)63-32)64-33(56)19-29-14-12-16-50-21-29/h12-16,21-28,31-32,35-38,40,58H,11,17-20H2,1-10H3,(H,51,60)(H,54,61)/b15-13+/t24-,25-,26+,27+,28-,31+,32-,35-,36+,37-,38-,40+,44-,45-/m1/s1. The van der Waals surface area contributed by atoms with E-state index in [2.05, 4.69) is 25.6 Å². The van der Waals surface area contributed by atoms with E-state index in [1.54, 1.807) is 74.0 Å². The van der Waals surface area contributed by atoms with E-state index >= 15 is 0 Å². The van der Waals surface area contributed by atoms with E-state index in [0.717, 1.165) is 12.4 Å². The molecule has 2 amide bonds. The summed E-state index contributed by atoms with van der Waals surface area (Å²) in [6.07, 6.45) is -5.70. The SMILES string of the molecule is CC[C@H]1OC(=O)[C@H](C)[C@@H](OC(=O)Cc2cccnc2)[C@H](C)[C@@H](O[C@@H]2O[C@H](C)C[C@H](N(C)C)[C@H]2O)[C@](C)(OC(=O)NC/C=C/c2cnc(C(F)(F)F)nc2)C[C@@H](C)C(=O)[C@H](C)[C@H]2NC(=O)O[C@@]21C. The Morgan fingerprint density at radius 3 is 2.36 bits per heavy atom. The molecule has 0 spiro atoms. The number of Topliss-reactive ketones (excluding diaryl/α,β-unsaturated/α-hetero) is 1. The minimum absolute atomic E-state index is 0.167. The Morgan fingerprint density at radius 1 is 1.06 bits per heavy atom. The van der Waals surface area contributed by atoms with Gasteiger partial charge in [0.15, 0.2) is 11.9 Å². The number of pyridine rings is 1.